The highest BCUT2D eigenvalue weighted by Crippen LogP contribution is 2.31. The molecule has 2 rings (SSSR count). The smallest absolute Gasteiger partial charge is 0.0363 e. The second-order valence-corrected chi connectivity index (χ2v) is 4.48. The van der Waals surface area contributed by atoms with Gasteiger partial charge in [-0.1, -0.05) is 6.07 Å². The molecule has 0 radical (unpaired) electrons. The Morgan fingerprint density at radius 1 is 1.44 bits per heavy atom. The first-order valence-corrected chi connectivity index (χ1v) is 6.26. The summed E-state index contributed by atoms with van der Waals surface area (Å²) in [5.41, 5.74) is 6.90. The van der Waals surface area contributed by atoms with Crippen LogP contribution in [0.15, 0.2) is 24.5 Å². The summed E-state index contributed by atoms with van der Waals surface area (Å²) in [5, 5.41) is 0. The van der Waals surface area contributed by atoms with E-state index in [4.69, 9.17) is 5.73 Å². The zero-order valence-electron chi connectivity index (χ0n) is 9.81. The van der Waals surface area contributed by atoms with Crippen LogP contribution in [0.2, 0.25) is 0 Å². The summed E-state index contributed by atoms with van der Waals surface area (Å²) < 4.78 is 0. The number of rotatable bonds is 5. The first-order chi connectivity index (χ1) is 7.92. The van der Waals surface area contributed by atoms with Crippen LogP contribution >= 0.6 is 0 Å². The quantitative estimate of drug-likeness (QED) is 0.770. The molecule has 16 heavy (non-hydrogen) atoms. The molecule has 3 nitrogen and oxygen atoms in total. The van der Waals surface area contributed by atoms with Crippen LogP contribution < -0.4 is 5.73 Å². The molecule has 2 heterocycles. The van der Waals surface area contributed by atoms with Gasteiger partial charge in [0.2, 0.25) is 0 Å². The van der Waals surface area contributed by atoms with Gasteiger partial charge in [0, 0.05) is 18.4 Å². The standard InChI is InChI=1S/C13H21N3/c14-7-1-2-9-16-10-4-6-13(16)12-5-3-8-15-11-12/h3,5,8,11,13H,1-2,4,6-7,9-10,14H2/t13-/m1/s1. The molecule has 1 aliphatic rings. The molecule has 1 aromatic heterocycles. The van der Waals surface area contributed by atoms with Crippen LogP contribution in [0, 0.1) is 0 Å². The largest absolute Gasteiger partial charge is 0.330 e. The Labute approximate surface area is 97.7 Å². The number of nitrogens with zero attached hydrogens (tertiary/aromatic N) is 2. The summed E-state index contributed by atoms with van der Waals surface area (Å²) in [6, 6.07) is 4.82. The van der Waals surface area contributed by atoms with Crippen LogP contribution in [0.4, 0.5) is 0 Å². The Morgan fingerprint density at radius 2 is 2.38 bits per heavy atom. The summed E-state index contributed by atoms with van der Waals surface area (Å²) in [5.74, 6) is 0. The first-order valence-electron chi connectivity index (χ1n) is 6.26. The Hall–Kier alpha value is -0.930. The number of aromatic nitrogens is 1. The van der Waals surface area contributed by atoms with E-state index in [2.05, 4.69) is 16.0 Å². The third-order valence-electron chi connectivity index (χ3n) is 3.33. The third-order valence-corrected chi connectivity index (χ3v) is 3.33. The van der Waals surface area contributed by atoms with Gasteiger partial charge in [-0.3, -0.25) is 9.88 Å². The van der Waals surface area contributed by atoms with E-state index in [9.17, 15) is 0 Å². The average Bonchev–Trinajstić information content (AvgIpc) is 2.79. The fourth-order valence-electron chi connectivity index (χ4n) is 2.50. The number of nitrogens with two attached hydrogens (primary N) is 1. The zero-order valence-corrected chi connectivity index (χ0v) is 9.81. The summed E-state index contributed by atoms with van der Waals surface area (Å²) in [6.45, 7) is 3.21. The van der Waals surface area contributed by atoms with Gasteiger partial charge in [-0.25, -0.2) is 0 Å². The molecular formula is C13H21N3. The molecule has 2 N–H and O–H groups in total. The van der Waals surface area contributed by atoms with Crippen molar-refractivity contribution < 1.29 is 0 Å². The Bertz CT molecular complexity index is 299. The lowest BCUT2D eigenvalue weighted by Crippen LogP contribution is -2.24. The van der Waals surface area contributed by atoms with Gasteiger partial charge in [-0.2, -0.15) is 0 Å². The molecule has 0 spiro atoms. The molecule has 88 valence electrons. The van der Waals surface area contributed by atoms with Crippen molar-refractivity contribution in [1.29, 1.82) is 0 Å². The normalized spacial score (nSPS) is 21.4. The first kappa shape index (κ1) is 11.6. The Morgan fingerprint density at radius 3 is 3.12 bits per heavy atom. The van der Waals surface area contributed by atoms with Gasteiger partial charge in [0.25, 0.3) is 0 Å². The lowest BCUT2D eigenvalue weighted by Gasteiger charge is -2.24. The third kappa shape index (κ3) is 2.80. The Kier molecular flexibility index (Phi) is 4.31. The fourth-order valence-corrected chi connectivity index (χ4v) is 2.50. The Balaban J connectivity index is 1.93. The minimum Gasteiger partial charge on any atom is -0.330 e. The topological polar surface area (TPSA) is 42.1 Å². The monoisotopic (exact) mass is 219 g/mol. The van der Waals surface area contributed by atoms with E-state index >= 15 is 0 Å². The summed E-state index contributed by atoms with van der Waals surface area (Å²) in [7, 11) is 0. The molecule has 0 aliphatic carbocycles. The maximum Gasteiger partial charge on any atom is 0.0363 e. The molecular weight excluding hydrogens is 198 g/mol. The van der Waals surface area contributed by atoms with Crippen LogP contribution in [0.25, 0.3) is 0 Å². The van der Waals surface area contributed by atoms with E-state index in [1.165, 1.54) is 37.9 Å². The van der Waals surface area contributed by atoms with Gasteiger partial charge < -0.3 is 5.73 Å². The molecule has 0 amide bonds. The maximum atomic E-state index is 5.53. The number of hydrogen-bond donors (Lipinski definition) is 1. The summed E-state index contributed by atoms with van der Waals surface area (Å²) in [4.78, 5) is 6.79. The van der Waals surface area contributed by atoms with Crippen molar-refractivity contribution in [3.63, 3.8) is 0 Å². The summed E-state index contributed by atoms with van der Waals surface area (Å²) in [6.07, 6.45) is 8.78. The molecule has 1 atom stereocenters. The van der Waals surface area contributed by atoms with E-state index in [1.54, 1.807) is 0 Å². The van der Waals surface area contributed by atoms with Crippen molar-refractivity contribution in [1.82, 2.24) is 9.88 Å². The second-order valence-electron chi connectivity index (χ2n) is 4.48. The van der Waals surface area contributed by atoms with E-state index in [0.717, 1.165) is 13.0 Å². The van der Waals surface area contributed by atoms with E-state index in [0.29, 0.717) is 6.04 Å². The summed E-state index contributed by atoms with van der Waals surface area (Å²) >= 11 is 0. The van der Waals surface area contributed by atoms with Gasteiger partial charge in [0.1, 0.15) is 0 Å². The van der Waals surface area contributed by atoms with Crippen molar-refractivity contribution in [2.45, 2.75) is 31.7 Å². The zero-order chi connectivity index (χ0) is 11.2. The number of likely N-dealkylation sites (tertiary alicyclic amines) is 1. The van der Waals surface area contributed by atoms with Crippen LogP contribution in [0.1, 0.15) is 37.3 Å². The maximum absolute atomic E-state index is 5.53. The van der Waals surface area contributed by atoms with Crippen molar-refractivity contribution >= 4 is 0 Å². The van der Waals surface area contributed by atoms with E-state index < -0.39 is 0 Å². The van der Waals surface area contributed by atoms with Crippen LogP contribution in [0.3, 0.4) is 0 Å². The van der Waals surface area contributed by atoms with Crippen LogP contribution in [-0.4, -0.2) is 29.5 Å². The van der Waals surface area contributed by atoms with E-state index in [1.807, 2.05) is 18.5 Å². The van der Waals surface area contributed by atoms with Crippen LogP contribution in [-0.2, 0) is 0 Å². The predicted molar refractivity (Wildman–Crippen MR) is 66.1 cm³/mol. The molecule has 0 bridgehead atoms. The van der Waals surface area contributed by atoms with Gasteiger partial charge >= 0.3 is 0 Å². The molecule has 1 saturated heterocycles. The van der Waals surface area contributed by atoms with Crippen molar-refractivity contribution in [2.24, 2.45) is 5.73 Å². The van der Waals surface area contributed by atoms with Gasteiger partial charge in [-0.05, 0) is 56.9 Å². The molecule has 0 unspecified atom stereocenters. The highest BCUT2D eigenvalue weighted by Gasteiger charge is 2.25. The highest BCUT2D eigenvalue weighted by atomic mass is 15.2. The highest BCUT2D eigenvalue weighted by molar-refractivity contribution is 5.15. The minimum atomic E-state index is 0.589. The van der Waals surface area contributed by atoms with Crippen molar-refractivity contribution in [2.75, 3.05) is 19.6 Å². The van der Waals surface area contributed by atoms with Gasteiger partial charge in [-0.15, -0.1) is 0 Å². The molecule has 1 aromatic rings. The molecule has 3 heteroatoms. The lowest BCUT2D eigenvalue weighted by atomic mass is 10.1. The molecule has 0 aromatic carbocycles. The molecule has 0 saturated carbocycles. The second kappa shape index (κ2) is 5.97. The van der Waals surface area contributed by atoms with Gasteiger partial charge in [0.05, 0.1) is 0 Å². The van der Waals surface area contributed by atoms with Crippen molar-refractivity contribution in [3.05, 3.63) is 30.1 Å². The number of hydrogen-bond acceptors (Lipinski definition) is 3. The predicted octanol–water partition coefficient (Wildman–Crippen LogP) is 1.96. The van der Waals surface area contributed by atoms with E-state index in [-0.39, 0.29) is 0 Å². The minimum absolute atomic E-state index is 0.589. The van der Waals surface area contributed by atoms with Crippen molar-refractivity contribution in [3.8, 4) is 0 Å². The number of unbranched alkanes of at least 4 members (excludes halogenated alkanes) is 1. The lowest BCUT2D eigenvalue weighted by molar-refractivity contribution is 0.252. The average molecular weight is 219 g/mol. The SMILES string of the molecule is NCCCCN1CCC[C@@H]1c1cccnc1. The molecule has 1 aliphatic heterocycles. The van der Waals surface area contributed by atoms with Gasteiger partial charge in [0.15, 0.2) is 0 Å². The molecule has 1 fully saturated rings. The fraction of sp³-hybridized carbons (Fsp3) is 0.615. The number of pyridine rings is 1. The van der Waals surface area contributed by atoms with Crippen LogP contribution in [0.5, 0.6) is 0 Å².